The van der Waals surface area contributed by atoms with Crippen LogP contribution >= 0.6 is 0 Å². The van der Waals surface area contributed by atoms with Gasteiger partial charge in [0.05, 0.1) is 5.97 Å². The first-order valence-corrected chi connectivity index (χ1v) is 7.62. The van der Waals surface area contributed by atoms with Crippen LogP contribution < -0.4 is 34.7 Å². The third-order valence-electron chi connectivity index (χ3n) is 3.64. The van der Waals surface area contributed by atoms with Gasteiger partial charge in [0, 0.05) is 5.41 Å². The molecule has 3 atom stereocenters. The van der Waals surface area contributed by atoms with E-state index in [9.17, 15) is 24.6 Å². The average Bonchev–Trinajstić information content (AvgIpc) is 2.72. The van der Waals surface area contributed by atoms with Crippen molar-refractivity contribution in [2.24, 2.45) is 11.3 Å². The first-order valence-electron chi connectivity index (χ1n) is 7.62. The largest absolute Gasteiger partial charge is 1.00 e. The van der Waals surface area contributed by atoms with Gasteiger partial charge in [0.2, 0.25) is 5.91 Å². The molecule has 1 amide bonds. The van der Waals surface area contributed by atoms with E-state index in [1.54, 1.807) is 41.5 Å². The summed E-state index contributed by atoms with van der Waals surface area (Å²) in [7, 11) is 0. The Kier molecular flexibility index (Phi) is 6.06. The van der Waals surface area contributed by atoms with Gasteiger partial charge in [-0.3, -0.25) is 9.69 Å². The number of aliphatic hydroxyl groups is 1. The molecular formula is C16H22NNaO7. The molecule has 0 spiro atoms. The van der Waals surface area contributed by atoms with Gasteiger partial charge in [-0.25, -0.2) is 4.79 Å². The summed E-state index contributed by atoms with van der Waals surface area (Å²) in [6, 6.07) is 0. The van der Waals surface area contributed by atoms with Gasteiger partial charge >= 0.3 is 35.5 Å². The van der Waals surface area contributed by atoms with Gasteiger partial charge in [-0.15, -0.1) is 0 Å². The molecule has 9 heteroatoms. The van der Waals surface area contributed by atoms with Crippen molar-refractivity contribution in [2.75, 3.05) is 0 Å². The molecule has 1 saturated heterocycles. The van der Waals surface area contributed by atoms with Gasteiger partial charge in [0.1, 0.15) is 23.0 Å². The standard InChI is InChI=1S/C16H23NO7.Na/c1-15(2,3)10-8(13(20)21)17-11(19)7(12(17)23-10)9(18)14(22)24-16(4,5)6;/h7,9,12,18H,1-6H3,(H,20,21);/q;+1/p-1/t7-,9-,12+;/m0./s1. The first kappa shape index (κ1) is 22.0. The number of esters is 1. The predicted molar refractivity (Wildman–Crippen MR) is 78.5 cm³/mol. The Balaban J connectivity index is 0.00000312. The minimum absolute atomic E-state index is 0. The molecule has 0 saturated carbocycles. The SMILES string of the molecule is CC(C)(C)OC(=O)[C@@H](O)[C@H]1C(=O)N2C(C(=O)[O-])=C(C(C)(C)C)O[C@H]12.[Na+]. The zero-order chi connectivity index (χ0) is 18.6. The summed E-state index contributed by atoms with van der Waals surface area (Å²) in [6.45, 7) is 10.1. The smallest absolute Gasteiger partial charge is 0.543 e. The number of carboxylic acid groups (broad SMARTS) is 1. The number of hydrogen-bond donors (Lipinski definition) is 1. The molecule has 1 fully saturated rings. The number of β-lactam (4-membered cyclic amide) rings is 1. The molecule has 0 radical (unpaired) electrons. The van der Waals surface area contributed by atoms with Crippen LogP contribution in [-0.2, 0) is 23.9 Å². The molecule has 8 nitrogen and oxygen atoms in total. The predicted octanol–water partition coefficient (Wildman–Crippen LogP) is -3.48. The summed E-state index contributed by atoms with van der Waals surface area (Å²) in [6.07, 6.45) is -2.79. The number of fused-ring (bicyclic) bond motifs is 1. The number of carbonyl (C=O) groups excluding carboxylic acids is 3. The zero-order valence-corrected chi connectivity index (χ0v) is 17.6. The number of aliphatic carboxylic acids is 1. The van der Waals surface area contributed by atoms with Crippen molar-refractivity contribution in [3.05, 3.63) is 11.5 Å². The van der Waals surface area contributed by atoms with Crippen LogP contribution in [0.1, 0.15) is 41.5 Å². The fourth-order valence-electron chi connectivity index (χ4n) is 2.66. The monoisotopic (exact) mass is 363 g/mol. The molecule has 0 aromatic heterocycles. The van der Waals surface area contributed by atoms with Gasteiger partial charge < -0.3 is 24.5 Å². The second kappa shape index (κ2) is 6.90. The molecule has 0 aliphatic carbocycles. The molecule has 134 valence electrons. The second-order valence-corrected chi connectivity index (χ2v) is 7.94. The van der Waals surface area contributed by atoms with E-state index in [4.69, 9.17) is 9.47 Å². The van der Waals surface area contributed by atoms with Crippen LogP contribution in [0.25, 0.3) is 0 Å². The molecule has 0 aromatic carbocycles. The fraction of sp³-hybridized carbons (Fsp3) is 0.688. The maximum atomic E-state index is 12.3. The Labute approximate surface area is 168 Å². The van der Waals surface area contributed by atoms with E-state index in [1.165, 1.54) is 0 Å². The molecular weight excluding hydrogens is 341 g/mol. The van der Waals surface area contributed by atoms with Crippen LogP contribution in [0.3, 0.4) is 0 Å². The van der Waals surface area contributed by atoms with Crippen molar-refractivity contribution >= 4 is 17.8 Å². The van der Waals surface area contributed by atoms with Crippen molar-refractivity contribution in [1.29, 1.82) is 0 Å². The van der Waals surface area contributed by atoms with Crippen molar-refractivity contribution in [3.63, 3.8) is 0 Å². The quantitative estimate of drug-likeness (QED) is 0.314. The van der Waals surface area contributed by atoms with E-state index in [-0.39, 0.29) is 41.0 Å². The molecule has 0 bridgehead atoms. The molecule has 2 heterocycles. The van der Waals surface area contributed by atoms with Crippen LogP contribution in [0.4, 0.5) is 0 Å². The summed E-state index contributed by atoms with van der Waals surface area (Å²) in [4.78, 5) is 36.6. The number of amides is 1. The third kappa shape index (κ3) is 4.02. The van der Waals surface area contributed by atoms with Crippen LogP contribution in [0, 0.1) is 11.3 Å². The van der Waals surface area contributed by atoms with Gasteiger partial charge in [-0.2, -0.15) is 0 Å². The van der Waals surface area contributed by atoms with E-state index in [1.807, 2.05) is 0 Å². The Morgan fingerprint density at radius 2 is 1.76 bits per heavy atom. The normalized spacial score (nSPS) is 24.0. The van der Waals surface area contributed by atoms with Crippen molar-refractivity contribution in [2.45, 2.75) is 59.5 Å². The zero-order valence-electron chi connectivity index (χ0n) is 15.6. The topological polar surface area (TPSA) is 116 Å². The summed E-state index contributed by atoms with van der Waals surface area (Å²) < 4.78 is 10.6. The summed E-state index contributed by atoms with van der Waals surface area (Å²) >= 11 is 0. The van der Waals surface area contributed by atoms with Crippen LogP contribution in [0.15, 0.2) is 11.5 Å². The Bertz CT molecular complexity index is 629. The number of carboxylic acids is 1. The van der Waals surface area contributed by atoms with Crippen LogP contribution in [-0.4, -0.2) is 45.8 Å². The van der Waals surface area contributed by atoms with E-state index in [0.29, 0.717) is 0 Å². The molecule has 1 N–H and O–H groups in total. The van der Waals surface area contributed by atoms with Crippen LogP contribution in [0.2, 0.25) is 0 Å². The minimum atomic E-state index is -1.74. The number of allylic oxidation sites excluding steroid dienone is 1. The minimum Gasteiger partial charge on any atom is -0.543 e. The van der Waals surface area contributed by atoms with E-state index >= 15 is 0 Å². The maximum Gasteiger partial charge on any atom is 1.00 e. The number of nitrogens with zero attached hydrogens (tertiary/aromatic N) is 1. The van der Waals surface area contributed by atoms with E-state index in [2.05, 4.69) is 0 Å². The Morgan fingerprint density at radius 3 is 2.16 bits per heavy atom. The fourth-order valence-corrected chi connectivity index (χ4v) is 2.66. The van der Waals surface area contributed by atoms with Gasteiger partial charge in [0.15, 0.2) is 12.3 Å². The number of aliphatic hydroxyl groups excluding tert-OH is 1. The summed E-state index contributed by atoms with van der Waals surface area (Å²) in [5.41, 5.74) is -1.87. The molecule has 2 aliphatic heterocycles. The van der Waals surface area contributed by atoms with Crippen molar-refractivity contribution in [1.82, 2.24) is 4.90 Å². The van der Waals surface area contributed by atoms with Gasteiger partial charge in [-0.05, 0) is 20.8 Å². The first-order chi connectivity index (χ1) is 10.8. The Hall–Kier alpha value is -1.09. The number of ether oxygens (including phenoxy) is 2. The molecule has 0 unspecified atom stereocenters. The van der Waals surface area contributed by atoms with Crippen molar-refractivity contribution in [3.8, 4) is 0 Å². The average molecular weight is 363 g/mol. The summed E-state index contributed by atoms with van der Waals surface area (Å²) in [5, 5.41) is 21.5. The molecule has 2 aliphatic rings. The number of rotatable bonds is 3. The molecule has 25 heavy (non-hydrogen) atoms. The summed E-state index contributed by atoms with van der Waals surface area (Å²) in [5.74, 6) is -4.34. The molecule has 2 rings (SSSR count). The van der Waals surface area contributed by atoms with E-state index < -0.39 is 47.1 Å². The Morgan fingerprint density at radius 1 is 1.24 bits per heavy atom. The second-order valence-electron chi connectivity index (χ2n) is 7.94. The molecule has 0 aromatic rings. The van der Waals surface area contributed by atoms with E-state index in [0.717, 1.165) is 4.90 Å². The third-order valence-corrected chi connectivity index (χ3v) is 3.64. The number of hydrogen-bond acceptors (Lipinski definition) is 7. The van der Waals surface area contributed by atoms with Gasteiger partial charge in [0.25, 0.3) is 0 Å². The maximum absolute atomic E-state index is 12.3. The van der Waals surface area contributed by atoms with Gasteiger partial charge in [-0.1, -0.05) is 20.8 Å². The number of carbonyl (C=O) groups is 3. The van der Waals surface area contributed by atoms with Crippen LogP contribution in [0.5, 0.6) is 0 Å². The van der Waals surface area contributed by atoms with Crippen molar-refractivity contribution < 1.29 is 63.6 Å².